The van der Waals surface area contributed by atoms with Gasteiger partial charge in [-0.25, -0.2) is 9.97 Å². The molecule has 0 atom stereocenters. The van der Waals surface area contributed by atoms with Crippen molar-refractivity contribution in [2.75, 3.05) is 27.2 Å². The Kier molecular flexibility index (Phi) is 5.10. The summed E-state index contributed by atoms with van der Waals surface area (Å²) in [5.74, 6) is 0.326. The lowest BCUT2D eigenvalue weighted by atomic mass is 9.91. The molecule has 0 radical (unpaired) electrons. The Bertz CT molecular complexity index is 682. The summed E-state index contributed by atoms with van der Waals surface area (Å²) in [6, 6.07) is 1.66. The van der Waals surface area contributed by atoms with E-state index < -0.39 is 0 Å². The Morgan fingerprint density at radius 1 is 1.17 bits per heavy atom. The van der Waals surface area contributed by atoms with Crippen molar-refractivity contribution < 1.29 is 4.79 Å². The van der Waals surface area contributed by atoms with Crippen molar-refractivity contribution >= 4 is 5.91 Å². The molecule has 3 heterocycles. The van der Waals surface area contributed by atoms with E-state index in [0.29, 0.717) is 24.7 Å². The topological polar surface area (TPSA) is 75.1 Å². The fraction of sp³-hybridized carbons (Fsp3) is 0.471. The fourth-order valence-electron chi connectivity index (χ4n) is 3.08. The second-order valence-corrected chi connectivity index (χ2v) is 6.29. The normalized spacial score (nSPS) is 15.7. The molecule has 1 fully saturated rings. The zero-order valence-electron chi connectivity index (χ0n) is 14.1. The first-order valence-electron chi connectivity index (χ1n) is 8.15. The number of nitrogens with zero attached hydrogens (tertiary/aromatic N) is 6. The number of amides is 1. The monoisotopic (exact) mass is 326 g/mol. The Hall–Kier alpha value is -2.41. The predicted octanol–water partition coefficient (Wildman–Crippen LogP) is 1.35. The quantitative estimate of drug-likeness (QED) is 0.844. The first-order chi connectivity index (χ1) is 11.6. The van der Waals surface area contributed by atoms with Gasteiger partial charge in [0.2, 0.25) is 0 Å². The summed E-state index contributed by atoms with van der Waals surface area (Å²) in [7, 11) is 4.06. The maximum absolute atomic E-state index is 12.5. The number of likely N-dealkylation sites (tertiary alicyclic amines) is 1. The Morgan fingerprint density at radius 2 is 1.92 bits per heavy atom. The molecule has 1 aliphatic heterocycles. The SMILES string of the molecule is CN(C)Cc1nccnc1C1CCN(C(=O)c2ccncn2)CC1. The molecule has 1 aliphatic rings. The Balaban J connectivity index is 1.66. The van der Waals surface area contributed by atoms with Crippen LogP contribution in [0.25, 0.3) is 0 Å². The second-order valence-electron chi connectivity index (χ2n) is 6.29. The van der Waals surface area contributed by atoms with Gasteiger partial charge in [-0.15, -0.1) is 0 Å². The maximum atomic E-state index is 12.5. The van der Waals surface area contributed by atoms with Crippen LogP contribution in [0.3, 0.4) is 0 Å². The minimum Gasteiger partial charge on any atom is -0.337 e. The highest BCUT2D eigenvalue weighted by Gasteiger charge is 2.27. The Morgan fingerprint density at radius 3 is 2.58 bits per heavy atom. The summed E-state index contributed by atoms with van der Waals surface area (Å²) in [5, 5.41) is 0. The van der Waals surface area contributed by atoms with E-state index in [1.165, 1.54) is 6.33 Å². The van der Waals surface area contributed by atoms with Crippen molar-refractivity contribution in [2.24, 2.45) is 0 Å². The van der Waals surface area contributed by atoms with Crippen molar-refractivity contribution in [2.45, 2.75) is 25.3 Å². The van der Waals surface area contributed by atoms with Crippen LogP contribution in [0.4, 0.5) is 0 Å². The minimum atomic E-state index is -0.0245. The maximum Gasteiger partial charge on any atom is 0.272 e. The third kappa shape index (κ3) is 3.73. The van der Waals surface area contributed by atoms with Gasteiger partial charge in [0.1, 0.15) is 12.0 Å². The van der Waals surface area contributed by atoms with Gasteiger partial charge in [0.25, 0.3) is 5.91 Å². The molecule has 7 nitrogen and oxygen atoms in total. The van der Waals surface area contributed by atoms with Crippen LogP contribution in [0.5, 0.6) is 0 Å². The lowest BCUT2D eigenvalue weighted by Gasteiger charge is -2.32. The first-order valence-corrected chi connectivity index (χ1v) is 8.15. The number of carbonyl (C=O) groups is 1. The molecule has 0 bridgehead atoms. The number of hydrogen-bond acceptors (Lipinski definition) is 6. The molecule has 0 N–H and O–H groups in total. The number of carbonyl (C=O) groups excluding carboxylic acids is 1. The van der Waals surface area contributed by atoms with Gasteiger partial charge >= 0.3 is 0 Å². The number of aromatic nitrogens is 4. The van der Waals surface area contributed by atoms with Crippen LogP contribution in [0.15, 0.2) is 31.0 Å². The molecule has 1 amide bonds. The van der Waals surface area contributed by atoms with E-state index in [2.05, 4.69) is 24.8 Å². The highest BCUT2D eigenvalue weighted by molar-refractivity contribution is 5.92. The molecule has 7 heteroatoms. The number of piperidine rings is 1. The van der Waals surface area contributed by atoms with Gasteiger partial charge in [0, 0.05) is 44.1 Å². The predicted molar refractivity (Wildman–Crippen MR) is 89.3 cm³/mol. The van der Waals surface area contributed by atoms with Crippen LogP contribution < -0.4 is 0 Å². The molecule has 24 heavy (non-hydrogen) atoms. The minimum absolute atomic E-state index is 0.0245. The summed E-state index contributed by atoms with van der Waals surface area (Å²) >= 11 is 0. The van der Waals surface area contributed by atoms with E-state index >= 15 is 0 Å². The summed E-state index contributed by atoms with van der Waals surface area (Å²) < 4.78 is 0. The van der Waals surface area contributed by atoms with E-state index in [0.717, 1.165) is 30.8 Å². The highest BCUT2D eigenvalue weighted by atomic mass is 16.2. The van der Waals surface area contributed by atoms with Gasteiger partial charge in [0.15, 0.2) is 0 Å². The molecule has 0 aliphatic carbocycles. The van der Waals surface area contributed by atoms with Crippen LogP contribution in [-0.4, -0.2) is 62.8 Å². The summed E-state index contributed by atoms with van der Waals surface area (Å²) in [4.78, 5) is 33.4. The number of rotatable bonds is 4. The fourth-order valence-corrected chi connectivity index (χ4v) is 3.08. The van der Waals surface area contributed by atoms with Crippen LogP contribution in [-0.2, 0) is 6.54 Å². The van der Waals surface area contributed by atoms with Gasteiger partial charge in [0.05, 0.1) is 11.4 Å². The smallest absolute Gasteiger partial charge is 0.272 e. The molecule has 0 saturated carbocycles. The molecule has 0 spiro atoms. The summed E-state index contributed by atoms with van der Waals surface area (Å²) in [6.07, 6.45) is 8.31. The van der Waals surface area contributed by atoms with Crippen LogP contribution in [0, 0.1) is 0 Å². The van der Waals surface area contributed by atoms with Crippen LogP contribution >= 0.6 is 0 Å². The molecule has 2 aromatic rings. The third-order valence-electron chi connectivity index (χ3n) is 4.24. The van der Waals surface area contributed by atoms with Crippen molar-refractivity contribution in [3.8, 4) is 0 Å². The third-order valence-corrected chi connectivity index (χ3v) is 4.24. The standard InChI is InChI=1S/C17H22N6O/c1-22(2)11-15-16(20-8-7-19-15)13-4-9-23(10-5-13)17(24)14-3-6-18-12-21-14/h3,6-8,12-13H,4-5,9-11H2,1-2H3. The molecule has 3 rings (SSSR count). The van der Waals surface area contributed by atoms with E-state index in [4.69, 9.17) is 0 Å². The van der Waals surface area contributed by atoms with Crippen molar-refractivity contribution in [3.05, 3.63) is 48.1 Å². The van der Waals surface area contributed by atoms with Gasteiger partial charge in [-0.3, -0.25) is 14.8 Å². The summed E-state index contributed by atoms with van der Waals surface area (Å²) in [5.41, 5.74) is 2.56. The molecule has 1 saturated heterocycles. The van der Waals surface area contributed by atoms with Gasteiger partial charge < -0.3 is 9.80 Å². The van der Waals surface area contributed by atoms with E-state index in [1.54, 1.807) is 24.7 Å². The first kappa shape index (κ1) is 16.4. The van der Waals surface area contributed by atoms with E-state index in [-0.39, 0.29) is 5.91 Å². The average molecular weight is 326 g/mol. The zero-order valence-corrected chi connectivity index (χ0v) is 14.1. The van der Waals surface area contributed by atoms with Gasteiger partial charge in [-0.2, -0.15) is 0 Å². The van der Waals surface area contributed by atoms with E-state index in [1.807, 2.05) is 19.0 Å². The zero-order chi connectivity index (χ0) is 16.9. The Labute approximate surface area is 141 Å². The lowest BCUT2D eigenvalue weighted by Crippen LogP contribution is -2.38. The highest BCUT2D eigenvalue weighted by Crippen LogP contribution is 2.29. The average Bonchev–Trinajstić information content (AvgIpc) is 2.62. The van der Waals surface area contributed by atoms with Crippen molar-refractivity contribution in [1.82, 2.24) is 29.7 Å². The lowest BCUT2D eigenvalue weighted by molar-refractivity contribution is 0.0705. The summed E-state index contributed by atoms with van der Waals surface area (Å²) in [6.45, 7) is 2.21. The van der Waals surface area contributed by atoms with Crippen LogP contribution in [0.2, 0.25) is 0 Å². The molecular formula is C17H22N6O. The molecule has 0 aromatic carbocycles. The number of hydrogen-bond donors (Lipinski definition) is 0. The molecule has 126 valence electrons. The molecule has 0 unspecified atom stereocenters. The molecule has 2 aromatic heterocycles. The largest absolute Gasteiger partial charge is 0.337 e. The van der Waals surface area contributed by atoms with Gasteiger partial charge in [-0.05, 0) is 33.0 Å². The van der Waals surface area contributed by atoms with Gasteiger partial charge in [-0.1, -0.05) is 0 Å². The van der Waals surface area contributed by atoms with Crippen molar-refractivity contribution in [3.63, 3.8) is 0 Å². The van der Waals surface area contributed by atoms with Crippen LogP contribution in [0.1, 0.15) is 40.6 Å². The van der Waals surface area contributed by atoms with Crippen molar-refractivity contribution in [1.29, 1.82) is 0 Å². The second kappa shape index (κ2) is 7.44. The molecular weight excluding hydrogens is 304 g/mol. The van der Waals surface area contributed by atoms with E-state index in [9.17, 15) is 4.79 Å².